The van der Waals surface area contributed by atoms with Gasteiger partial charge < -0.3 is 4.43 Å². The molecule has 0 rings (SSSR count). The lowest BCUT2D eigenvalue weighted by atomic mass is 9.94. The average Bonchev–Trinajstić information content (AvgIpc) is 2.41. The molecular weight excluding hydrogens is 292 g/mol. The largest absolute Gasteiger partial charge is 0.411 e. The molecule has 0 amide bonds. The van der Waals surface area contributed by atoms with Crippen LogP contribution in [0.25, 0.3) is 0 Å². The van der Waals surface area contributed by atoms with Gasteiger partial charge in [0.2, 0.25) is 0 Å². The molecule has 0 unspecified atom stereocenters. The molecule has 0 spiro atoms. The van der Waals surface area contributed by atoms with Gasteiger partial charge in [0, 0.05) is 0 Å². The van der Waals surface area contributed by atoms with E-state index in [2.05, 4.69) is 56.6 Å². The fraction of sp³-hybridized carbons (Fsp3) is 0.857. The van der Waals surface area contributed by atoms with Crippen LogP contribution in [0.15, 0.2) is 11.1 Å². The molecule has 0 aromatic rings. The normalized spacial score (nSPS) is 13.5. The first-order valence-corrected chi connectivity index (χ1v) is 10.5. The third-order valence-electron chi connectivity index (χ3n) is 4.23. The molecule has 0 atom stereocenters. The van der Waals surface area contributed by atoms with Crippen LogP contribution in [0.1, 0.15) is 53.9 Å². The number of rotatable bonds is 9. The zero-order chi connectivity index (χ0) is 13.4. The van der Waals surface area contributed by atoms with Crippen LogP contribution in [0, 0.1) is 0 Å². The van der Waals surface area contributed by atoms with Crippen molar-refractivity contribution >= 4 is 24.2 Å². The zero-order valence-corrected chi connectivity index (χ0v) is 14.8. The molecule has 17 heavy (non-hydrogen) atoms. The minimum Gasteiger partial charge on any atom is -0.411 e. The second kappa shape index (κ2) is 8.49. The van der Waals surface area contributed by atoms with E-state index in [1.807, 2.05) is 4.99 Å². The van der Waals surface area contributed by atoms with E-state index < -0.39 is 8.32 Å². The molecule has 0 saturated carbocycles. The highest BCUT2D eigenvalue weighted by Gasteiger charge is 2.38. The lowest BCUT2D eigenvalue weighted by Crippen LogP contribution is -2.46. The van der Waals surface area contributed by atoms with Gasteiger partial charge in [0.05, 0.1) is 5.60 Å². The monoisotopic (exact) mass is 320 g/mol. The highest BCUT2D eigenvalue weighted by molar-refractivity contribution is 9.11. The minimum atomic E-state index is -1.49. The Morgan fingerprint density at radius 3 is 1.76 bits per heavy atom. The van der Waals surface area contributed by atoms with E-state index in [1.165, 1.54) is 18.1 Å². The van der Waals surface area contributed by atoms with E-state index in [0.29, 0.717) is 0 Å². The maximum Gasteiger partial charge on any atom is 0.192 e. The molecule has 0 aliphatic carbocycles. The molecule has 0 fully saturated rings. The molecule has 0 aliphatic rings. The van der Waals surface area contributed by atoms with E-state index in [4.69, 9.17) is 4.43 Å². The Morgan fingerprint density at radius 2 is 1.47 bits per heavy atom. The molecule has 3 heteroatoms. The molecule has 0 radical (unpaired) electrons. The Balaban J connectivity index is 4.93. The average molecular weight is 321 g/mol. The third kappa shape index (κ3) is 4.88. The molecule has 0 bridgehead atoms. The standard InChI is InChI=1S/C14H29BrOSi/c1-6-14(7-2,12-11-13-15)16-17(8-3,9-4)10-5/h11,13H,6-10,12H2,1-5H3. The summed E-state index contributed by atoms with van der Waals surface area (Å²) >= 11 is 3.37. The highest BCUT2D eigenvalue weighted by atomic mass is 79.9. The topological polar surface area (TPSA) is 9.23 Å². The van der Waals surface area contributed by atoms with Crippen LogP contribution >= 0.6 is 15.9 Å². The quantitative estimate of drug-likeness (QED) is 0.483. The van der Waals surface area contributed by atoms with Crippen molar-refractivity contribution in [1.82, 2.24) is 0 Å². The summed E-state index contributed by atoms with van der Waals surface area (Å²) < 4.78 is 6.74. The lowest BCUT2D eigenvalue weighted by Gasteiger charge is -2.41. The first-order valence-electron chi connectivity index (χ1n) is 7.02. The van der Waals surface area contributed by atoms with Crippen molar-refractivity contribution in [3.8, 4) is 0 Å². The Bertz CT molecular complexity index is 212. The first kappa shape index (κ1) is 17.4. The fourth-order valence-electron chi connectivity index (χ4n) is 2.41. The highest BCUT2D eigenvalue weighted by Crippen LogP contribution is 2.34. The number of hydrogen-bond donors (Lipinski definition) is 0. The summed E-state index contributed by atoms with van der Waals surface area (Å²) in [5.41, 5.74) is 0.0680. The van der Waals surface area contributed by atoms with Crippen molar-refractivity contribution in [2.45, 2.75) is 77.6 Å². The summed E-state index contributed by atoms with van der Waals surface area (Å²) in [6.45, 7) is 11.4. The molecule has 1 nitrogen and oxygen atoms in total. The van der Waals surface area contributed by atoms with Gasteiger partial charge in [0.1, 0.15) is 0 Å². The van der Waals surface area contributed by atoms with Crippen LogP contribution < -0.4 is 0 Å². The molecule has 0 aromatic heterocycles. The summed E-state index contributed by atoms with van der Waals surface area (Å²) in [7, 11) is -1.49. The van der Waals surface area contributed by atoms with Crippen LogP contribution in [-0.4, -0.2) is 13.9 Å². The molecule has 0 aliphatic heterocycles. The summed E-state index contributed by atoms with van der Waals surface area (Å²) in [4.78, 5) is 1.96. The maximum atomic E-state index is 6.74. The van der Waals surface area contributed by atoms with Gasteiger partial charge >= 0.3 is 0 Å². The van der Waals surface area contributed by atoms with Gasteiger partial charge in [-0.1, -0.05) is 56.6 Å². The van der Waals surface area contributed by atoms with Gasteiger partial charge in [0.15, 0.2) is 8.32 Å². The van der Waals surface area contributed by atoms with Crippen LogP contribution in [0.3, 0.4) is 0 Å². The molecule has 0 aromatic carbocycles. The van der Waals surface area contributed by atoms with Crippen molar-refractivity contribution in [3.05, 3.63) is 11.1 Å². The summed E-state index contributed by atoms with van der Waals surface area (Å²) in [6, 6.07) is 3.71. The Hall–Kier alpha value is 0.397. The van der Waals surface area contributed by atoms with Crippen molar-refractivity contribution in [1.29, 1.82) is 0 Å². The maximum absolute atomic E-state index is 6.74. The van der Waals surface area contributed by atoms with Gasteiger partial charge in [-0.05, 0) is 42.4 Å². The van der Waals surface area contributed by atoms with Crippen LogP contribution in [0.2, 0.25) is 18.1 Å². The third-order valence-corrected chi connectivity index (χ3v) is 9.34. The molecule has 0 saturated heterocycles. The lowest BCUT2D eigenvalue weighted by molar-refractivity contribution is 0.0505. The Kier molecular flexibility index (Phi) is 8.69. The van der Waals surface area contributed by atoms with E-state index in [9.17, 15) is 0 Å². The Labute approximate surface area is 117 Å². The predicted molar refractivity (Wildman–Crippen MR) is 84.3 cm³/mol. The second-order valence-corrected chi connectivity index (χ2v) is 10.0. The van der Waals surface area contributed by atoms with Gasteiger partial charge in [0.25, 0.3) is 0 Å². The smallest absolute Gasteiger partial charge is 0.192 e. The van der Waals surface area contributed by atoms with E-state index in [0.717, 1.165) is 19.3 Å². The van der Waals surface area contributed by atoms with Gasteiger partial charge in [-0.2, -0.15) is 0 Å². The summed E-state index contributed by atoms with van der Waals surface area (Å²) in [5, 5.41) is 0. The summed E-state index contributed by atoms with van der Waals surface area (Å²) in [6.07, 6.45) is 5.43. The van der Waals surface area contributed by atoms with Crippen molar-refractivity contribution in [3.63, 3.8) is 0 Å². The van der Waals surface area contributed by atoms with Crippen LogP contribution in [0.4, 0.5) is 0 Å². The van der Waals surface area contributed by atoms with Crippen LogP contribution in [-0.2, 0) is 4.43 Å². The van der Waals surface area contributed by atoms with Gasteiger partial charge in [-0.25, -0.2) is 0 Å². The fourth-order valence-corrected chi connectivity index (χ4v) is 5.82. The van der Waals surface area contributed by atoms with E-state index in [1.54, 1.807) is 0 Å². The van der Waals surface area contributed by atoms with E-state index >= 15 is 0 Å². The molecule has 102 valence electrons. The van der Waals surface area contributed by atoms with Crippen molar-refractivity contribution < 1.29 is 4.43 Å². The van der Waals surface area contributed by atoms with Gasteiger partial charge in [-0.3, -0.25) is 0 Å². The van der Waals surface area contributed by atoms with Crippen molar-refractivity contribution in [2.75, 3.05) is 0 Å². The summed E-state index contributed by atoms with van der Waals surface area (Å²) in [5.74, 6) is 0. The molecule has 0 heterocycles. The molecule has 0 N–H and O–H groups in total. The number of hydrogen-bond acceptors (Lipinski definition) is 1. The molecular formula is C14H29BrOSi. The van der Waals surface area contributed by atoms with E-state index in [-0.39, 0.29) is 5.60 Å². The van der Waals surface area contributed by atoms with Crippen LogP contribution in [0.5, 0.6) is 0 Å². The second-order valence-electron chi connectivity index (χ2n) is 4.80. The predicted octanol–water partition coefficient (Wildman–Crippen LogP) is 5.87. The first-order chi connectivity index (χ1) is 8.07. The zero-order valence-electron chi connectivity index (χ0n) is 12.2. The SMILES string of the molecule is CCC(CC)(CC=CBr)O[Si](CC)(CC)CC. The number of halogens is 1. The minimum absolute atomic E-state index is 0.0680. The van der Waals surface area contributed by atoms with Gasteiger partial charge in [-0.15, -0.1) is 0 Å². The Morgan fingerprint density at radius 1 is 1.00 bits per heavy atom. The van der Waals surface area contributed by atoms with Crippen molar-refractivity contribution in [2.24, 2.45) is 0 Å².